The number of ketones is 4. The van der Waals surface area contributed by atoms with Crippen molar-refractivity contribution >= 4 is 81.5 Å². The molecule has 0 aromatic heterocycles. The Hall–Kier alpha value is -2.78. The van der Waals surface area contributed by atoms with E-state index in [0.717, 1.165) is 0 Å². The topological polar surface area (TPSA) is 121 Å². The molecule has 0 radical (unpaired) electrons. The van der Waals surface area contributed by atoms with Gasteiger partial charge in [0.15, 0.2) is 23.8 Å². The van der Waals surface area contributed by atoms with Crippen molar-refractivity contribution in [2.45, 2.75) is 12.2 Å². The number of halogens is 4. The fourth-order valence-electron chi connectivity index (χ4n) is 3.76. The first kappa shape index (κ1) is 24.3. The second-order valence-electron chi connectivity index (χ2n) is 7.41. The van der Waals surface area contributed by atoms with Crippen LogP contribution in [0.2, 0.25) is 20.1 Å². The molecule has 2 saturated heterocycles. The van der Waals surface area contributed by atoms with Crippen LogP contribution in [-0.2, 0) is 28.7 Å². The second kappa shape index (κ2) is 9.11. The Morgan fingerprint density at radius 2 is 0.941 bits per heavy atom. The maximum Gasteiger partial charge on any atom is 0.376 e. The van der Waals surface area contributed by atoms with Crippen LogP contribution in [0.5, 0.6) is 0 Å². The lowest BCUT2D eigenvalue weighted by Crippen LogP contribution is -2.44. The number of ether oxygens (including phenoxy) is 2. The summed E-state index contributed by atoms with van der Waals surface area (Å²) in [4.78, 5) is 75.5. The maximum atomic E-state index is 13.1. The summed E-state index contributed by atoms with van der Waals surface area (Å²) >= 11 is 23.6. The number of esters is 2. The van der Waals surface area contributed by atoms with Crippen LogP contribution in [0.25, 0.3) is 0 Å². The maximum absolute atomic E-state index is 13.1. The molecule has 0 N–H and O–H groups in total. The zero-order valence-corrected chi connectivity index (χ0v) is 19.6. The van der Waals surface area contributed by atoms with E-state index in [1.165, 1.54) is 36.4 Å². The zero-order valence-electron chi connectivity index (χ0n) is 16.6. The van der Waals surface area contributed by atoms with E-state index in [2.05, 4.69) is 0 Å². The van der Waals surface area contributed by atoms with Gasteiger partial charge in [0.2, 0.25) is 0 Å². The minimum absolute atomic E-state index is 0.0110. The largest absolute Gasteiger partial charge is 0.451 e. The molecule has 0 aliphatic carbocycles. The summed E-state index contributed by atoms with van der Waals surface area (Å²) < 4.78 is 10.1. The van der Waals surface area contributed by atoms with Crippen LogP contribution in [0, 0.1) is 11.8 Å². The Balaban J connectivity index is 1.73. The van der Waals surface area contributed by atoms with Crippen molar-refractivity contribution in [1.29, 1.82) is 0 Å². The van der Waals surface area contributed by atoms with Gasteiger partial charge < -0.3 is 9.47 Å². The van der Waals surface area contributed by atoms with Crippen molar-refractivity contribution in [3.05, 3.63) is 67.6 Å². The number of benzene rings is 2. The number of hydrogen-bond acceptors (Lipinski definition) is 8. The van der Waals surface area contributed by atoms with Gasteiger partial charge in [-0.2, -0.15) is 0 Å². The number of rotatable bonds is 5. The van der Waals surface area contributed by atoms with Crippen LogP contribution in [0.3, 0.4) is 0 Å². The van der Waals surface area contributed by atoms with Gasteiger partial charge in [-0.05, 0) is 36.4 Å². The highest BCUT2D eigenvalue weighted by Crippen LogP contribution is 2.36. The summed E-state index contributed by atoms with van der Waals surface area (Å²) in [6.07, 6.45) is -3.46. The SMILES string of the molecule is O=C1OC(C2OC(=O)C(=O)C2C(=O)c2ccc(Cl)c(Cl)c2)C(C(=O)c2ccc(Cl)c(Cl)c2)C1=O. The molecule has 2 aromatic rings. The summed E-state index contributed by atoms with van der Waals surface area (Å²) in [7, 11) is 0. The predicted molar refractivity (Wildman–Crippen MR) is 118 cm³/mol. The Morgan fingerprint density at radius 1 is 0.588 bits per heavy atom. The van der Waals surface area contributed by atoms with E-state index >= 15 is 0 Å². The molecule has 4 unspecified atom stereocenters. The van der Waals surface area contributed by atoms with Gasteiger partial charge in [0, 0.05) is 11.1 Å². The Morgan fingerprint density at radius 3 is 1.26 bits per heavy atom. The van der Waals surface area contributed by atoms with Crippen LogP contribution < -0.4 is 0 Å². The summed E-state index contributed by atoms with van der Waals surface area (Å²) in [5.41, 5.74) is -0.168. The fourth-order valence-corrected chi connectivity index (χ4v) is 4.36. The van der Waals surface area contributed by atoms with E-state index in [1.54, 1.807) is 0 Å². The molecule has 2 aromatic carbocycles. The molecular weight excluding hydrogens is 534 g/mol. The third-order valence-electron chi connectivity index (χ3n) is 5.41. The zero-order chi connectivity index (χ0) is 24.9. The van der Waals surface area contributed by atoms with Gasteiger partial charge in [-0.3, -0.25) is 19.2 Å². The van der Waals surface area contributed by atoms with Crippen LogP contribution in [0.15, 0.2) is 36.4 Å². The number of carbonyl (C=O) groups is 6. The molecule has 0 amide bonds. The van der Waals surface area contributed by atoms with Gasteiger partial charge in [0.05, 0.1) is 20.1 Å². The highest BCUT2D eigenvalue weighted by Gasteiger charge is 2.60. The van der Waals surface area contributed by atoms with Crippen LogP contribution in [0.4, 0.5) is 0 Å². The van der Waals surface area contributed by atoms with Crippen molar-refractivity contribution in [1.82, 2.24) is 0 Å². The molecule has 4 rings (SSSR count). The van der Waals surface area contributed by atoms with E-state index in [1.807, 2.05) is 0 Å². The lowest BCUT2D eigenvalue weighted by atomic mass is 9.81. The quantitative estimate of drug-likeness (QED) is 0.243. The molecule has 0 bridgehead atoms. The molecule has 2 heterocycles. The van der Waals surface area contributed by atoms with Gasteiger partial charge >= 0.3 is 11.9 Å². The third-order valence-corrected chi connectivity index (χ3v) is 6.89. The van der Waals surface area contributed by atoms with Gasteiger partial charge in [0.25, 0.3) is 11.6 Å². The highest BCUT2D eigenvalue weighted by atomic mass is 35.5. The van der Waals surface area contributed by atoms with Gasteiger partial charge in [-0.1, -0.05) is 46.4 Å². The monoisotopic (exact) mass is 542 g/mol. The van der Waals surface area contributed by atoms with Gasteiger partial charge in [-0.25, -0.2) is 9.59 Å². The standard InChI is InChI=1S/C22H10Cl4O8/c23-9-3-1-7(5-11(9)25)15(27)13-17(29)21(31)33-19(13)20-14(18(30)22(32)34-20)16(28)8-2-4-10(24)12(26)6-8/h1-6,13-14,19-20H. The minimum Gasteiger partial charge on any atom is -0.451 e. The molecule has 0 spiro atoms. The van der Waals surface area contributed by atoms with Crippen LogP contribution >= 0.6 is 46.4 Å². The summed E-state index contributed by atoms with van der Waals surface area (Å²) in [5, 5.41) is 0.304. The van der Waals surface area contributed by atoms with E-state index < -0.39 is 59.1 Å². The van der Waals surface area contributed by atoms with Crippen molar-refractivity contribution < 1.29 is 38.2 Å². The molecule has 0 saturated carbocycles. The first-order valence-corrected chi connectivity index (χ1v) is 11.0. The summed E-state index contributed by atoms with van der Waals surface area (Å²) in [6.45, 7) is 0. The first-order chi connectivity index (χ1) is 16.0. The predicted octanol–water partition coefficient (Wildman–Crippen LogP) is 3.59. The van der Waals surface area contributed by atoms with Crippen LogP contribution in [-0.4, -0.2) is 47.3 Å². The van der Waals surface area contributed by atoms with Crippen LogP contribution in [0.1, 0.15) is 20.7 Å². The Labute approximate surface area is 211 Å². The number of carbonyl (C=O) groups excluding carboxylic acids is 6. The third kappa shape index (κ3) is 4.11. The first-order valence-electron chi connectivity index (χ1n) is 9.49. The summed E-state index contributed by atoms with van der Waals surface area (Å²) in [6, 6.07) is 7.53. The van der Waals surface area contributed by atoms with E-state index in [9.17, 15) is 28.8 Å². The van der Waals surface area contributed by atoms with Crippen molar-refractivity contribution in [2.24, 2.45) is 11.8 Å². The molecule has 34 heavy (non-hydrogen) atoms. The highest BCUT2D eigenvalue weighted by molar-refractivity contribution is 6.45. The van der Waals surface area contributed by atoms with E-state index in [-0.39, 0.29) is 31.2 Å². The van der Waals surface area contributed by atoms with Crippen molar-refractivity contribution in [3.63, 3.8) is 0 Å². The fraction of sp³-hybridized carbons (Fsp3) is 0.182. The number of Topliss-reactive ketones (excluding diaryl/α,β-unsaturated/α-hetero) is 4. The molecule has 12 heteroatoms. The molecule has 174 valence electrons. The molecule has 2 aliphatic heterocycles. The summed E-state index contributed by atoms with van der Waals surface area (Å²) in [5.74, 6) is -10.6. The van der Waals surface area contributed by atoms with Crippen molar-refractivity contribution in [2.75, 3.05) is 0 Å². The average molecular weight is 544 g/mol. The van der Waals surface area contributed by atoms with Gasteiger partial charge in [-0.15, -0.1) is 0 Å². The molecule has 4 atom stereocenters. The lowest BCUT2D eigenvalue weighted by molar-refractivity contribution is -0.157. The normalized spacial score (nSPS) is 24.2. The Bertz CT molecular complexity index is 1200. The molecule has 2 fully saturated rings. The number of hydrogen-bond donors (Lipinski definition) is 0. The molecular formula is C22H10Cl4O8. The minimum atomic E-state index is -1.79. The number of cyclic esters (lactones) is 2. The van der Waals surface area contributed by atoms with Crippen molar-refractivity contribution in [3.8, 4) is 0 Å². The van der Waals surface area contributed by atoms with E-state index in [0.29, 0.717) is 0 Å². The average Bonchev–Trinajstić information content (AvgIpc) is 3.26. The Kier molecular flexibility index (Phi) is 6.52. The van der Waals surface area contributed by atoms with E-state index in [4.69, 9.17) is 55.9 Å². The lowest BCUT2D eigenvalue weighted by Gasteiger charge is -2.24. The molecule has 2 aliphatic rings. The second-order valence-corrected chi connectivity index (χ2v) is 9.04. The molecule has 8 nitrogen and oxygen atoms in total. The smallest absolute Gasteiger partial charge is 0.376 e. The van der Waals surface area contributed by atoms with Gasteiger partial charge in [0.1, 0.15) is 11.8 Å².